The molecule has 0 radical (unpaired) electrons. The van der Waals surface area contributed by atoms with E-state index in [0.717, 1.165) is 11.1 Å². The van der Waals surface area contributed by atoms with E-state index in [9.17, 15) is 4.79 Å². The van der Waals surface area contributed by atoms with E-state index in [-0.39, 0.29) is 5.91 Å². The molecular formula is C18H15Cl2N3O. The third kappa shape index (κ3) is 3.78. The van der Waals surface area contributed by atoms with Crippen molar-refractivity contribution >= 4 is 34.9 Å². The zero-order valence-electron chi connectivity index (χ0n) is 13.0. The number of carbonyl (C=O) groups is 1. The van der Waals surface area contributed by atoms with Crippen LogP contribution in [0, 0.1) is 6.92 Å². The summed E-state index contributed by atoms with van der Waals surface area (Å²) in [6.07, 6.45) is 1.80. The molecule has 2 aromatic carbocycles. The van der Waals surface area contributed by atoms with Crippen molar-refractivity contribution < 1.29 is 4.79 Å². The van der Waals surface area contributed by atoms with E-state index in [1.807, 2.05) is 31.2 Å². The van der Waals surface area contributed by atoms with Gasteiger partial charge in [-0.3, -0.25) is 9.48 Å². The smallest absolute Gasteiger partial charge is 0.257 e. The molecule has 3 rings (SSSR count). The number of anilines is 1. The maximum atomic E-state index is 12.3. The summed E-state index contributed by atoms with van der Waals surface area (Å²) in [5.74, 6) is 0.330. The van der Waals surface area contributed by atoms with Gasteiger partial charge in [-0.05, 0) is 36.2 Å². The molecule has 122 valence electrons. The van der Waals surface area contributed by atoms with Crippen molar-refractivity contribution in [1.29, 1.82) is 0 Å². The van der Waals surface area contributed by atoms with E-state index in [4.69, 9.17) is 23.2 Å². The summed E-state index contributed by atoms with van der Waals surface area (Å²) in [5.41, 5.74) is 2.53. The van der Waals surface area contributed by atoms with Crippen LogP contribution in [0.15, 0.2) is 54.7 Å². The number of benzene rings is 2. The third-order valence-corrected chi connectivity index (χ3v) is 4.34. The molecule has 6 heteroatoms. The Morgan fingerprint density at radius 3 is 2.67 bits per heavy atom. The first-order valence-electron chi connectivity index (χ1n) is 7.37. The SMILES string of the molecule is Cc1ccccc1C(=O)Nc1ccn(Cc2ccc(Cl)c(Cl)c2)n1. The normalized spacial score (nSPS) is 10.6. The van der Waals surface area contributed by atoms with E-state index in [2.05, 4.69) is 10.4 Å². The maximum Gasteiger partial charge on any atom is 0.257 e. The van der Waals surface area contributed by atoms with Gasteiger partial charge in [0.15, 0.2) is 5.82 Å². The fourth-order valence-electron chi connectivity index (χ4n) is 2.35. The summed E-state index contributed by atoms with van der Waals surface area (Å²) >= 11 is 11.9. The van der Waals surface area contributed by atoms with Gasteiger partial charge in [-0.2, -0.15) is 5.10 Å². The number of hydrogen-bond donors (Lipinski definition) is 1. The second kappa shape index (κ2) is 7.07. The molecule has 0 fully saturated rings. The molecule has 0 saturated heterocycles. The van der Waals surface area contributed by atoms with Crippen LogP contribution >= 0.6 is 23.2 Å². The summed E-state index contributed by atoms with van der Waals surface area (Å²) in [7, 11) is 0. The van der Waals surface area contributed by atoms with Crippen molar-refractivity contribution in [3.8, 4) is 0 Å². The predicted octanol–water partition coefficient (Wildman–Crippen LogP) is 4.80. The van der Waals surface area contributed by atoms with E-state index in [1.165, 1.54) is 0 Å². The van der Waals surface area contributed by atoms with Gasteiger partial charge in [-0.25, -0.2) is 0 Å². The van der Waals surface area contributed by atoms with Crippen molar-refractivity contribution in [3.05, 3.63) is 81.5 Å². The van der Waals surface area contributed by atoms with Crippen molar-refractivity contribution in [1.82, 2.24) is 9.78 Å². The third-order valence-electron chi connectivity index (χ3n) is 3.60. The van der Waals surface area contributed by atoms with Gasteiger partial charge in [0.2, 0.25) is 0 Å². The molecule has 0 aliphatic carbocycles. The van der Waals surface area contributed by atoms with Crippen LogP contribution in [0.25, 0.3) is 0 Å². The van der Waals surface area contributed by atoms with Crippen molar-refractivity contribution in [2.75, 3.05) is 5.32 Å². The fourth-order valence-corrected chi connectivity index (χ4v) is 2.67. The molecule has 0 saturated carbocycles. The number of rotatable bonds is 4. The highest BCUT2D eigenvalue weighted by molar-refractivity contribution is 6.42. The topological polar surface area (TPSA) is 46.9 Å². The highest BCUT2D eigenvalue weighted by atomic mass is 35.5. The Labute approximate surface area is 150 Å². The Hall–Kier alpha value is -2.30. The maximum absolute atomic E-state index is 12.3. The van der Waals surface area contributed by atoms with Crippen LogP contribution < -0.4 is 5.32 Å². The lowest BCUT2D eigenvalue weighted by Crippen LogP contribution is -2.14. The zero-order valence-corrected chi connectivity index (χ0v) is 14.5. The minimum absolute atomic E-state index is 0.173. The van der Waals surface area contributed by atoms with Gasteiger partial charge >= 0.3 is 0 Å². The molecular weight excluding hydrogens is 345 g/mol. The Morgan fingerprint density at radius 2 is 1.92 bits per heavy atom. The monoisotopic (exact) mass is 359 g/mol. The van der Waals surface area contributed by atoms with Crippen LogP contribution in [0.5, 0.6) is 0 Å². The summed E-state index contributed by atoms with van der Waals surface area (Å²) in [4.78, 5) is 12.3. The van der Waals surface area contributed by atoms with Crippen molar-refractivity contribution in [3.63, 3.8) is 0 Å². The van der Waals surface area contributed by atoms with E-state index < -0.39 is 0 Å². The van der Waals surface area contributed by atoms with Crippen LogP contribution in [0.4, 0.5) is 5.82 Å². The number of amides is 1. The number of nitrogens with one attached hydrogen (secondary N) is 1. The minimum atomic E-state index is -0.173. The lowest BCUT2D eigenvalue weighted by Gasteiger charge is -2.06. The standard InChI is InChI=1S/C18H15Cl2N3O/c1-12-4-2-3-5-14(12)18(24)21-17-8-9-23(22-17)11-13-6-7-15(19)16(20)10-13/h2-10H,11H2,1H3,(H,21,22,24). The van der Waals surface area contributed by atoms with Gasteiger partial charge < -0.3 is 5.32 Å². The molecule has 1 N–H and O–H groups in total. The summed E-state index contributed by atoms with van der Waals surface area (Å²) in [6.45, 7) is 2.44. The first-order valence-corrected chi connectivity index (χ1v) is 8.13. The number of carbonyl (C=O) groups excluding carboxylic acids is 1. The molecule has 4 nitrogen and oxygen atoms in total. The first-order chi connectivity index (χ1) is 11.5. The predicted molar refractivity (Wildman–Crippen MR) is 96.9 cm³/mol. The number of nitrogens with zero attached hydrogens (tertiary/aromatic N) is 2. The molecule has 1 aromatic heterocycles. The average molecular weight is 360 g/mol. The van der Waals surface area contributed by atoms with Gasteiger partial charge in [0.1, 0.15) is 0 Å². The van der Waals surface area contributed by atoms with Crippen LogP contribution in [0.3, 0.4) is 0 Å². The first kappa shape index (κ1) is 16.6. The number of aryl methyl sites for hydroxylation is 1. The summed E-state index contributed by atoms with van der Waals surface area (Å²) in [5, 5.41) is 8.20. The quantitative estimate of drug-likeness (QED) is 0.727. The molecule has 0 atom stereocenters. The van der Waals surface area contributed by atoms with Crippen molar-refractivity contribution in [2.45, 2.75) is 13.5 Å². The fraction of sp³-hybridized carbons (Fsp3) is 0.111. The minimum Gasteiger partial charge on any atom is -0.305 e. The summed E-state index contributed by atoms with van der Waals surface area (Å²) < 4.78 is 1.73. The Morgan fingerprint density at radius 1 is 1.12 bits per heavy atom. The lowest BCUT2D eigenvalue weighted by molar-refractivity contribution is 0.102. The molecule has 0 aliphatic heterocycles. The Balaban J connectivity index is 1.70. The molecule has 1 heterocycles. The number of aromatic nitrogens is 2. The van der Waals surface area contributed by atoms with Gasteiger partial charge in [-0.1, -0.05) is 47.5 Å². The second-order valence-electron chi connectivity index (χ2n) is 5.42. The van der Waals surface area contributed by atoms with Crippen LogP contribution in [-0.4, -0.2) is 15.7 Å². The molecule has 1 amide bonds. The van der Waals surface area contributed by atoms with Crippen molar-refractivity contribution in [2.24, 2.45) is 0 Å². The number of halogens is 2. The van der Waals surface area contributed by atoms with Gasteiger partial charge in [0.25, 0.3) is 5.91 Å². The summed E-state index contributed by atoms with van der Waals surface area (Å²) in [6, 6.07) is 14.6. The van der Waals surface area contributed by atoms with E-state index >= 15 is 0 Å². The Bertz CT molecular complexity index is 889. The highest BCUT2D eigenvalue weighted by Crippen LogP contribution is 2.23. The van der Waals surface area contributed by atoms with Gasteiger partial charge in [0, 0.05) is 17.8 Å². The zero-order chi connectivity index (χ0) is 17.1. The van der Waals surface area contributed by atoms with Crippen LogP contribution in [-0.2, 0) is 6.54 Å². The number of hydrogen-bond acceptors (Lipinski definition) is 2. The van der Waals surface area contributed by atoms with Crippen LogP contribution in [0.2, 0.25) is 10.0 Å². The van der Waals surface area contributed by atoms with Gasteiger partial charge in [0.05, 0.1) is 16.6 Å². The largest absolute Gasteiger partial charge is 0.305 e. The molecule has 0 aliphatic rings. The molecule has 0 spiro atoms. The molecule has 24 heavy (non-hydrogen) atoms. The van der Waals surface area contributed by atoms with E-state index in [0.29, 0.717) is 28.0 Å². The second-order valence-corrected chi connectivity index (χ2v) is 6.23. The van der Waals surface area contributed by atoms with Gasteiger partial charge in [-0.15, -0.1) is 0 Å². The van der Waals surface area contributed by atoms with Crippen LogP contribution in [0.1, 0.15) is 21.5 Å². The molecule has 0 unspecified atom stereocenters. The average Bonchev–Trinajstić information content (AvgIpc) is 2.98. The highest BCUT2D eigenvalue weighted by Gasteiger charge is 2.10. The molecule has 3 aromatic rings. The molecule has 0 bridgehead atoms. The Kier molecular flexibility index (Phi) is 4.88. The van der Waals surface area contributed by atoms with E-state index in [1.54, 1.807) is 35.1 Å². The lowest BCUT2D eigenvalue weighted by atomic mass is 10.1.